The summed E-state index contributed by atoms with van der Waals surface area (Å²) in [4.78, 5) is 0. The van der Waals surface area contributed by atoms with Crippen molar-refractivity contribution in [1.29, 1.82) is 0 Å². The first kappa shape index (κ1) is 6.66. The number of nitrogens with one attached hydrogen (secondary N) is 1. The zero-order valence-corrected chi connectivity index (χ0v) is 4.61. The van der Waals surface area contributed by atoms with E-state index in [1.165, 1.54) is 0 Å². The highest BCUT2D eigenvalue weighted by Crippen LogP contribution is 1.59. The van der Waals surface area contributed by atoms with E-state index in [-0.39, 0.29) is 0 Å². The minimum absolute atomic E-state index is 0.603. The van der Waals surface area contributed by atoms with Crippen LogP contribution in [0.5, 0.6) is 0 Å². The Balaban J connectivity index is 2.56. The molecule has 0 aliphatic rings. The van der Waals surface area contributed by atoms with Gasteiger partial charge in [0, 0.05) is 13.7 Å². The summed E-state index contributed by atoms with van der Waals surface area (Å²) in [6.07, 6.45) is 1.79. The Hall–Kier alpha value is -0.340. The number of methoxy groups -OCH3 is 1. The first-order chi connectivity index (χ1) is 3.41. The zero-order chi connectivity index (χ0) is 5.54. The highest BCUT2D eigenvalue weighted by atomic mass is 16.5. The van der Waals surface area contributed by atoms with Crippen molar-refractivity contribution in [3.05, 3.63) is 12.7 Å². The molecular weight excluding hydrogens is 90.1 g/mol. The van der Waals surface area contributed by atoms with E-state index in [1.807, 2.05) is 0 Å². The maximum absolute atomic E-state index is 4.69. The smallest absolute Gasteiger partial charge is 0.0963 e. The number of ether oxygens (including phenoxy) is 1. The SMILES string of the molecule is C=CCNCOC. The van der Waals surface area contributed by atoms with Gasteiger partial charge in [-0.2, -0.15) is 0 Å². The molecule has 0 radical (unpaired) electrons. The van der Waals surface area contributed by atoms with Crippen molar-refractivity contribution >= 4 is 0 Å². The van der Waals surface area contributed by atoms with Gasteiger partial charge in [-0.25, -0.2) is 0 Å². The Morgan fingerprint density at radius 3 is 3.00 bits per heavy atom. The predicted molar refractivity (Wildman–Crippen MR) is 30.1 cm³/mol. The molecule has 0 unspecified atom stereocenters. The molecule has 0 saturated heterocycles. The van der Waals surface area contributed by atoms with Crippen LogP contribution >= 0.6 is 0 Å². The van der Waals surface area contributed by atoms with Gasteiger partial charge in [-0.05, 0) is 0 Å². The lowest BCUT2D eigenvalue weighted by atomic mass is 10.6. The molecule has 0 aliphatic heterocycles. The van der Waals surface area contributed by atoms with E-state index < -0.39 is 0 Å². The van der Waals surface area contributed by atoms with E-state index in [2.05, 4.69) is 16.6 Å². The lowest BCUT2D eigenvalue weighted by Crippen LogP contribution is -2.15. The van der Waals surface area contributed by atoms with Gasteiger partial charge < -0.3 is 4.74 Å². The summed E-state index contributed by atoms with van der Waals surface area (Å²) in [6.45, 7) is 4.93. The van der Waals surface area contributed by atoms with E-state index in [0.717, 1.165) is 6.54 Å². The van der Waals surface area contributed by atoms with Gasteiger partial charge in [0.1, 0.15) is 0 Å². The molecule has 1 N–H and O–H groups in total. The van der Waals surface area contributed by atoms with Crippen molar-refractivity contribution in [2.24, 2.45) is 0 Å². The summed E-state index contributed by atoms with van der Waals surface area (Å²) >= 11 is 0. The molecule has 42 valence electrons. The molecule has 0 aromatic carbocycles. The summed E-state index contributed by atoms with van der Waals surface area (Å²) in [5.41, 5.74) is 0. The van der Waals surface area contributed by atoms with Crippen LogP contribution in [0.25, 0.3) is 0 Å². The van der Waals surface area contributed by atoms with Crippen LogP contribution in [0.2, 0.25) is 0 Å². The van der Waals surface area contributed by atoms with Gasteiger partial charge in [-0.15, -0.1) is 6.58 Å². The normalized spacial score (nSPS) is 8.71. The van der Waals surface area contributed by atoms with Gasteiger partial charge >= 0.3 is 0 Å². The van der Waals surface area contributed by atoms with Crippen molar-refractivity contribution in [3.8, 4) is 0 Å². The van der Waals surface area contributed by atoms with E-state index in [4.69, 9.17) is 0 Å². The molecule has 0 bridgehead atoms. The molecule has 0 saturated carbocycles. The van der Waals surface area contributed by atoms with Crippen LogP contribution in [0.1, 0.15) is 0 Å². The lowest BCUT2D eigenvalue weighted by Gasteiger charge is -1.94. The van der Waals surface area contributed by atoms with Crippen LogP contribution in [0, 0.1) is 0 Å². The molecule has 2 heteroatoms. The first-order valence-corrected chi connectivity index (χ1v) is 2.22. The molecule has 0 heterocycles. The number of rotatable bonds is 4. The van der Waals surface area contributed by atoms with E-state index >= 15 is 0 Å². The quantitative estimate of drug-likeness (QED) is 0.314. The van der Waals surface area contributed by atoms with Gasteiger partial charge in [0.15, 0.2) is 0 Å². The van der Waals surface area contributed by atoms with Gasteiger partial charge in [0.25, 0.3) is 0 Å². The average molecular weight is 101 g/mol. The van der Waals surface area contributed by atoms with E-state index in [9.17, 15) is 0 Å². The highest BCUT2D eigenvalue weighted by molar-refractivity contribution is 4.67. The summed E-state index contributed by atoms with van der Waals surface area (Å²) in [5.74, 6) is 0. The van der Waals surface area contributed by atoms with Crippen LogP contribution < -0.4 is 5.32 Å². The third-order valence-corrected chi connectivity index (χ3v) is 0.535. The monoisotopic (exact) mass is 101 g/mol. The third-order valence-electron chi connectivity index (χ3n) is 0.535. The molecule has 0 rings (SSSR count). The molecule has 7 heavy (non-hydrogen) atoms. The fourth-order valence-electron chi connectivity index (χ4n) is 0.263. The van der Waals surface area contributed by atoms with E-state index in [0.29, 0.717) is 6.73 Å². The van der Waals surface area contributed by atoms with Crippen LogP contribution in [-0.2, 0) is 4.74 Å². The van der Waals surface area contributed by atoms with Gasteiger partial charge in [-0.3, -0.25) is 5.32 Å². The second-order valence-corrected chi connectivity index (χ2v) is 1.18. The summed E-state index contributed by atoms with van der Waals surface area (Å²) in [5, 5.41) is 2.94. The average Bonchev–Trinajstić information content (AvgIpc) is 1.69. The Kier molecular flexibility index (Phi) is 5.39. The number of hydrogen-bond acceptors (Lipinski definition) is 2. The van der Waals surface area contributed by atoms with Gasteiger partial charge in [0.2, 0.25) is 0 Å². The van der Waals surface area contributed by atoms with Crippen molar-refractivity contribution in [3.63, 3.8) is 0 Å². The van der Waals surface area contributed by atoms with Crippen LogP contribution in [0.15, 0.2) is 12.7 Å². The van der Waals surface area contributed by atoms with Crippen LogP contribution in [0.3, 0.4) is 0 Å². The first-order valence-electron chi connectivity index (χ1n) is 2.22. The lowest BCUT2D eigenvalue weighted by molar-refractivity contribution is 0.179. The molecule has 0 aromatic rings. The predicted octanol–water partition coefficient (Wildman–Crippen LogP) is 0.366. The Labute approximate surface area is 44.2 Å². The molecule has 0 amide bonds. The minimum atomic E-state index is 0.603. The highest BCUT2D eigenvalue weighted by Gasteiger charge is 1.72. The topological polar surface area (TPSA) is 21.3 Å². The summed E-state index contributed by atoms with van der Waals surface area (Å²) in [6, 6.07) is 0. The fourth-order valence-corrected chi connectivity index (χ4v) is 0.263. The Morgan fingerprint density at radius 1 is 1.86 bits per heavy atom. The van der Waals surface area contributed by atoms with Crippen LogP contribution in [-0.4, -0.2) is 20.4 Å². The molecule has 0 aromatic heterocycles. The number of hydrogen-bond donors (Lipinski definition) is 1. The second-order valence-electron chi connectivity index (χ2n) is 1.18. The van der Waals surface area contributed by atoms with E-state index in [1.54, 1.807) is 13.2 Å². The zero-order valence-electron chi connectivity index (χ0n) is 4.61. The minimum Gasteiger partial charge on any atom is -0.370 e. The third kappa shape index (κ3) is 5.66. The van der Waals surface area contributed by atoms with Crippen molar-refractivity contribution < 1.29 is 4.74 Å². The molecular formula is C5H11NO. The maximum Gasteiger partial charge on any atom is 0.0963 e. The largest absolute Gasteiger partial charge is 0.370 e. The van der Waals surface area contributed by atoms with Crippen molar-refractivity contribution in [2.75, 3.05) is 20.4 Å². The van der Waals surface area contributed by atoms with Crippen LogP contribution in [0.4, 0.5) is 0 Å². The molecule has 0 fully saturated rings. The molecule has 0 atom stereocenters. The van der Waals surface area contributed by atoms with Crippen molar-refractivity contribution in [1.82, 2.24) is 5.32 Å². The van der Waals surface area contributed by atoms with Crippen molar-refractivity contribution in [2.45, 2.75) is 0 Å². The summed E-state index contributed by atoms with van der Waals surface area (Å²) < 4.78 is 4.69. The standard InChI is InChI=1S/C5H11NO/c1-3-4-6-5-7-2/h3,6H,1,4-5H2,2H3. The fraction of sp³-hybridized carbons (Fsp3) is 0.600. The Bertz CT molecular complexity index is 45.3. The molecule has 0 aliphatic carbocycles. The van der Waals surface area contributed by atoms with Gasteiger partial charge in [-0.1, -0.05) is 6.08 Å². The van der Waals surface area contributed by atoms with Gasteiger partial charge in [0.05, 0.1) is 6.73 Å². The second kappa shape index (κ2) is 5.66. The summed E-state index contributed by atoms with van der Waals surface area (Å²) in [7, 11) is 1.65. The Morgan fingerprint density at radius 2 is 2.57 bits per heavy atom. The molecule has 2 nitrogen and oxygen atoms in total. The molecule has 0 spiro atoms. The maximum atomic E-state index is 4.69.